The first-order valence-corrected chi connectivity index (χ1v) is 10.9. The third-order valence-electron chi connectivity index (χ3n) is 4.94. The first-order valence-electron chi connectivity index (χ1n) is 10.0. The first kappa shape index (κ1) is 20.8. The summed E-state index contributed by atoms with van der Waals surface area (Å²) < 4.78 is 0. The predicted octanol–water partition coefficient (Wildman–Crippen LogP) is 5.43. The Kier molecular flexibility index (Phi) is 6.09. The molecule has 0 unspecified atom stereocenters. The van der Waals surface area contributed by atoms with Crippen molar-refractivity contribution in [2.24, 2.45) is 0 Å². The summed E-state index contributed by atoms with van der Waals surface area (Å²) in [4.78, 5) is 27.4. The van der Waals surface area contributed by atoms with Crippen LogP contribution < -0.4 is 9.80 Å². The van der Waals surface area contributed by atoms with E-state index >= 15 is 0 Å². The number of aryl methyl sites for hydroxylation is 1. The van der Waals surface area contributed by atoms with Crippen LogP contribution in [0.25, 0.3) is 10.4 Å². The van der Waals surface area contributed by atoms with Crippen molar-refractivity contribution in [3.63, 3.8) is 0 Å². The van der Waals surface area contributed by atoms with Gasteiger partial charge < -0.3 is 4.90 Å². The van der Waals surface area contributed by atoms with Crippen molar-refractivity contribution in [1.29, 1.82) is 0 Å². The van der Waals surface area contributed by atoms with E-state index in [0.29, 0.717) is 18.1 Å². The molecule has 6 heteroatoms. The second kappa shape index (κ2) is 9.10. The fourth-order valence-electron chi connectivity index (χ4n) is 3.34. The monoisotopic (exact) mass is 428 g/mol. The fourth-order valence-corrected chi connectivity index (χ4v) is 4.25. The Morgan fingerprint density at radius 1 is 0.935 bits per heavy atom. The molecule has 0 saturated carbocycles. The number of rotatable bonds is 6. The molecule has 5 nitrogen and oxygen atoms in total. The van der Waals surface area contributed by atoms with Gasteiger partial charge in [0.15, 0.2) is 0 Å². The standard InChI is InChI=1S/C25H24N4OS/c1-18-27-23(24(31-18)20-9-5-4-6-10-20)25(30)29(22-11-7-8-16-26-22)17-19-12-14-21(15-13-19)28(2)3/h4-16H,17H2,1-3H3. The molecule has 0 aliphatic rings. The summed E-state index contributed by atoms with van der Waals surface area (Å²) in [5.74, 6) is 0.451. The number of pyridine rings is 1. The molecule has 2 aromatic heterocycles. The van der Waals surface area contributed by atoms with Gasteiger partial charge in [0.2, 0.25) is 0 Å². The summed E-state index contributed by atoms with van der Waals surface area (Å²) in [6, 6.07) is 23.7. The number of hydrogen-bond acceptors (Lipinski definition) is 5. The lowest BCUT2D eigenvalue weighted by atomic mass is 10.1. The van der Waals surface area contributed by atoms with E-state index in [-0.39, 0.29) is 5.91 Å². The van der Waals surface area contributed by atoms with Gasteiger partial charge in [0.05, 0.1) is 16.4 Å². The van der Waals surface area contributed by atoms with Crippen LogP contribution in [-0.2, 0) is 6.54 Å². The fraction of sp³-hybridized carbons (Fsp3) is 0.160. The van der Waals surface area contributed by atoms with E-state index in [4.69, 9.17) is 0 Å². The summed E-state index contributed by atoms with van der Waals surface area (Å²) in [6.07, 6.45) is 1.70. The third-order valence-corrected chi connectivity index (χ3v) is 5.96. The topological polar surface area (TPSA) is 49.3 Å². The summed E-state index contributed by atoms with van der Waals surface area (Å²) in [5, 5.41) is 0.860. The zero-order chi connectivity index (χ0) is 21.8. The maximum Gasteiger partial charge on any atom is 0.279 e. The molecule has 0 aliphatic carbocycles. The Bertz CT molecular complexity index is 1160. The molecule has 2 heterocycles. The molecule has 2 aromatic carbocycles. The van der Waals surface area contributed by atoms with Crippen molar-refractivity contribution in [3.05, 3.63) is 95.3 Å². The van der Waals surface area contributed by atoms with Crippen LogP contribution in [0.5, 0.6) is 0 Å². The zero-order valence-electron chi connectivity index (χ0n) is 17.8. The Labute approximate surface area is 186 Å². The summed E-state index contributed by atoms with van der Waals surface area (Å²) in [5.41, 5.74) is 3.59. The molecule has 4 rings (SSSR count). The molecule has 0 N–H and O–H groups in total. The van der Waals surface area contributed by atoms with Crippen molar-refractivity contribution >= 4 is 28.7 Å². The maximum atomic E-state index is 13.8. The molecule has 4 aromatic rings. The largest absolute Gasteiger partial charge is 0.378 e. The Morgan fingerprint density at radius 2 is 1.65 bits per heavy atom. The highest BCUT2D eigenvalue weighted by atomic mass is 32.1. The molecular weight excluding hydrogens is 404 g/mol. The van der Waals surface area contributed by atoms with E-state index in [9.17, 15) is 4.79 Å². The van der Waals surface area contributed by atoms with Gasteiger partial charge in [-0.1, -0.05) is 48.5 Å². The van der Waals surface area contributed by atoms with Crippen molar-refractivity contribution in [1.82, 2.24) is 9.97 Å². The minimum atomic E-state index is -0.154. The van der Waals surface area contributed by atoms with Crippen LogP contribution in [-0.4, -0.2) is 30.0 Å². The Morgan fingerprint density at radius 3 is 2.29 bits per heavy atom. The van der Waals surface area contributed by atoms with E-state index in [1.54, 1.807) is 11.1 Å². The molecule has 0 radical (unpaired) electrons. The van der Waals surface area contributed by atoms with Gasteiger partial charge >= 0.3 is 0 Å². The lowest BCUT2D eigenvalue weighted by molar-refractivity contribution is 0.0980. The van der Waals surface area contributed by atoms with Crippen LogP contribution in [0, 0.1) is 6.92 Å². The van der Waals surface area contributed by atoms with Gasteiger partial charge in [-0.15, -0.1) is 11.3 Å². The van der Waals surface area contributed by atoms with E-state index in [2.05, 4.69) is 27.0 Å². The second-order valence-corrected chi connectivity index (χ2v) is 8.62. The molecular formula is C25H24N4OS. The van der Waals surface area contributed by atoms with E-state index in [0.717, 1.165) is 26.7 Å². The van der Waals surface area contributed by atoms with Crippen molar-refractivity contribution in [2.45, 2.75) is 13.5 Å². The summed E-state index contributed by atoms with van der Waals surface area (Å²) in [7, 11) is 4.02. The average Bonchev–Trinajstić information content (AvgIpc) is 3.20. The Hall–Kier alpha value is -3.51. The molecule has 1 amide bonds. The number of benzene rings is 2. The minimum Gasteiger partial charge on any atom is -0.378 e. The molecule has 0 bridgehead atoms. The Balaban J connectivity index is 1.72. The predicted molar refractivity (Wildman–Crippen MR) is 128 cm³/mol. The normalized spacial score (nSPS) is 10.7. The minimum absolute atomic E-state index is 0.154. The van der Waals surface area contributed by atoms with Crippen LogP contribution in [0.15, 0.2) is 79.0 Å². The van der Waals surface area contributed by atoms with Crippen LogP contribution in [0.3, 0.4) is 0 Å². The quantitative estimate of drug-likeness (QED) is 0.411. The van der Waals surface area contributed by atoms with E-state index < -0.39 is 0 Å². The third kappa shape index (κ3) is 4.64. The van der Waals surface area contributed by atoms with Gasteiger partial charge in [-0.25, -0.2) is 9.97 Å². The van der Waals surface area contributed by atoms with Crippen LogP contribution in [0.1, 0.15) is 21.1 Å². The summed E-state index contributed by atoms with van der Waals surface area (Å²) in [6.45, 7) is 2.34. The van der Waals surface area contributed by atoms with Crippen molar-refractivity contribution in [3.8, 4) is 10.4 Å². The molecule has 0 spiro atoms. The molecule has 0 fully saturated rings. The number of hydrogen-bond donors (Lipinski definition) is 0. The van der Waals surface area contributed by atoms with Gasteiger partial charge in [0.25, 0.3) is 5.91 Å². The number of carbonyl (C=O) groups is 1. The van der Waals surface area contributed by atoms with Crippen LogP contribution >= 0.6 is 11.3 Å². The zero-order valence-corrected chi connectivity index (χ0v) is 18.6. The average molecular weight is 429 g/mol. The highest BCUT2D eigenvalue weighted by Gasteiger charge is 2.25. The molecule has 0 atom stereocenters. The number of aromatic nitrogens is 2. The SMILES string of the molecule is Cc1nc(C(=O)N(Cc2ccc(N(C)C)cc2)c2ccccn2)c(-c2ccccc2)s1. The lowest BCUT2D eigenvalue weighted by Crippen LogP contribution is -2.31. The van der Waals surface area contributed by atoms with E-state index in [1.807, 2.05) is 81.7 Å². The van der Waals surface area contributed by atoms with Gasteiger partial charge in [0, 0.05) is 26.0 Å². The molecule has 0 aliphatic heterocycles. The number of thiazole rings is 1. The van der Waals surface area contributed by atoms with Crippen LogP contribution in [0.4, 0.5) is 11.5 Å². The van der Waals surface area contributed by atoms with Gasteiger partial charge in [0.1, 0.15) is 11.5 Å². The van der Waals surface area contributed by atoms with E-state index in [1.165, 1.54) is 11.3 Å². The lowest BCUT2D eigenvalue weighted by Gasteiger charge is -2.22. The second-order valence-electron chi connectivity index (χ2n) is 7.42. The smallest absolute Gasteiger partial charge is 0.279 e. The highest BCUT2D eigenvalue weighted by molar-refractivity contribution is 7.15. The number of carbonyl (C=O) groups excluding carboxylic acids is 1. The molecule has 0 saturated heterocycles. The maximum absolute atomic E-state index is 13.8. The van der Waals surface area contributed by atoms with Gasteiger partial charge in [-0.3, -0.25) is 9.69 Å². The van der Waals surface area contributed by atoms with Gasteiger partial charge in [-0.2, -0.15) is 0 Å². The highest BCUT2D eigenvalue weighted by Crippen LogP contribution is 2.32. The molecule has 31 heavy (non-hydrogen) atoms. The number of amides is 1. The van der Waals surface area contributed by atoms with Gasteiger partial charge in [-0.05, 0) is 42.3 Å². The summed E-state index contributed by atoms with van der Waals surface area (Å²) >= 11 is 1.54. The van der Waals surface area contributed by atoms with Crippen molar-refractivity contribution in [2.75, 3.05) is 23.9 Å². The number of anilines is 2. The molecule has 156 valence electrons. The number of nitrogens with zero attached hydrogens (tertiary/aromatic N) is 4. The van der Waals surface area contributed by atoms with Crippen LogP contribution in [0.2, 0.25) is 0 Å². The van der Waals surface area contributed by atoms with Crippen molar-refractivity contribution < 1.29 is 4.79 Å². The first-order chi connectivity index (χ1) is 15.0.